The lowest BCUT2D eigenvalue weighted by Crippen LogP contribution is -2.27. The van der Waals surface area contributed by atoms with E-state index in [1.807, 2.05) is 0 Å². The predicted molar refractivity (Wildman–Crippen MR) is 73.1 cm³/mol. The van der Waals surface area contributed by atoms with Crippen LogP contribution >= 0.6 is 0 Å². The van der Waals surface area contributed by atoms with Gasteiger partial charge in [0.2, 0.25) is 0 Å². The minimum Gasteiger partial charge on any atom is -0.494 e. The zero-order chi connectivity index (χ0) is 15.3. The standard InChI is InChI=1S/C14H17NO6/c1-2-19-13(16)14(10-21-14)8-3-9-20-12-6-4-11(5-7-12)15(17)18/h4-7H,2-3,8-10H2,1H3. The Labute approximate surface area is 122 Å². The highest BCUT2D eigenvalue weighted by molar-refractivity contribution is 5.82. The molecule has 0 bridgehead atoms. The van der Waals surface area contributed by atoms with Gasteiger partial charge in [-0.3, -0.25) is 10.1 Å². The molecule has 1 heterocycles. The van der Waals surface area contributed by atoms with Gasteiger partial charge in [0.1, 0.15) is 5.75 Å². The monoisotopic (exact) mass is 295 g/mol. The number of non-ortho nitro benzene ring substituents is 1. The zero-order valence-corrected chi connectivity index (χ0v) is 11.7. The smallest absolute Gasteiger partial charge is 0.340 e. The zero-order valence-electron chi connectivity index (χ0n) is 11.7. The summed E-state index contributed by atoms with van der Waals surface area (Å²) >= 11 is 0. The fourth-order valence-electron chi connectivity index (χ4n) is 1.93. The summed E-state index contributed by atoms with van der Waals surface area (Å²) in [5, 5.41) is 10.5. The molecule has 2 rings (SSSR count). The molecule has 21 heavy (non-hydrogen) atoms. The van der Waals surface area contributed by atoms with Crippen molar-refractivity contribution in [2.24, 2.45) is 0 Å². The van der Waals surface area contributed by atoms with Gasteiger partial charge in [-0.25, -0.2) is 4.79 Å². The molecule has 0 spiro atoms. The van der Waals surface area contributed by atoms with E-state index < -0.39 is 10.5 Å². The minimum absolute atomic E-state index is 0.0231. The van der Waals surface area contributed by atoms with Crippen LogP contribution in [0.1, 0.15) is 19.8 Å². The van der Waals surface area contributed by atoms with Crippen LogP contribution in [0.25, 0.3) is 0 Å². The van der Waals surface area contributed by atoms with Gasteiger partial charge in [-0.1, -0.05) is 0 Å². The number of ether oxygens (including phenoxy) is 3. The first-order chi connectivity index (χ1) is 10.1. The molecule has 7 nitrogen and oxygen atoms in total. The Balaban J connectivity index is 1.72. The molecule has 1 atom stereocenters. The van der Waals surface area contributed by atoms with E-state index in [1.165, 1.54) is 12.1 Å². The molecule has 1 aromatic carbocycles. The van der Waals surface area contributed by atoms with Crippen molar-refractivity contribution in [2.45, 2.75) is 25.4 Å². The molecule has 0 amide bonds. The highest BCUT2D eigenvalue weighted by Crippen LogP contribution is 2.33. The van der Waals surface area contributed by atoms with E-state index in [1.54, 1.807) is 19.1 Å². The summed E-state index contributed by atoms with van der Waals surface area (Å²) in [6.45, 7) is 2.89. The van der Waals surface area contributed by atoms with Crippen molar-refractivity contribution in [1.82, 2.24) is 0 Å². The Morgan fingerprint density at radius 2 is 2.10 bits per heavy atom. The van der Waals surface area contributed by atoms with E-state index in [2.05, 4.69) is 0 Å². The van der Waals surface area contributed by atoms with Crippen molar-refractivity contribution in [2.75, 3.05) is 19.8 Å². The molecule has 1 aromatic rings. The number of benzene rings is 1. The van der Waals surface area contributed by atoms with Crippen LogP contribution < -0.4 is 4.74 Å². The molecule has 1 saturated heterocycles. The van der Waals surface area contributed by atoms with Gasteiger partial charge in [0.25, 0.3) is 5.69 Å². The van der Waals surface area contributed by atoms with Gasteiger partial charge >= 0.3 is 5.97 Å². The Morgan fingerprint density at radius 3 is 2.62 bits per heavy atom. The molecule has 0 saturated carbocycles. The van der Waals surface area contributed by atoms with E-state index in [9.17, 15) is 14.9 Å². The van der Waals surface area contributed by atoms with E-state index in [-0.39, 0.29) is 11.7 Å². The SMILES string of the molecule is CCOC(=O)C1(CCCOc2ccc([N+](=O)[O-])cc2)CO1. The fourth-order valence-corrected chi connectivity index (χ4v) is 1.93. The summed E-state index contributed by atoms with van der Waals surface area (Å²) in [5.74, 6) is 0.239. The van der Waals surface area contributed by atoms with Crippen LogP contribution in [0.15, 0.2) is 24.3 Å². The summed E-state index contributed by atoms with van der Waals surface area (Å²) in [5.41, 5.74) is -0.760. The Hall–Kier alpha value is -2.15. The second kappa shape index (κ2) is 6.53. The van der Waals surface area contributed by atoms with Crippen molar-refractivity contribution in [1.29, 1.82) is 0 Å². The lowest BCUT2D eigenvalue weighted by molar-refractivity contribution is -0.384. The molecule has 114 valence electrons. The first-order valence-electron chi connectivity index (χ1n) is 6.76. The van der Waals surface area contributed by atoms with Crippen LogP contribution in [0.3, 0.4) is 0 Å². The largest absolute Gasteiger partial charge is 0.494 e. The predicted octanol–water partition coefficient (Wildman–Crippen LogP) is 2.09. The first-order valence-corrected chi connectivity index (χ1v) is 6.76. The number of nitrogens with zero attached hydrogens (tertiary/aromatic N) is 1. The molecular weight excluding hydrogens is 278 g/mol. The summed E-state index contributed by atoms with van der Waals surface area (Å²) < 4.78 is 15.6. The topological polar surface area (TPSA) is 91.2 Å². The molecular formula is C14H17NO6. The lowest BCUT2D eigenvalue weighted by atomic mass is 10.1. The molecule has 1 unspecified atom stereocenters. The third-order valence-electron chi connectivity index (χ3n) is 3.18. The normalized spacial score (nSPS) is 19.9. The Bertz CT molecular complexity index is 509. The van der Waals surface area contributed by atoms with Gasteiger partial charge in [-0.2, -0.15) is 0 Å². The average molecular weight is 295 g/mol. The molecule has 0 aliphatic carbocycles. The van der Waals surface area contributed by atoms with E-state index in [0.717, 1.165) is 0 Å². The number of epoxide rings is 1. The number of hydrogen-bond acceptors (Lipinski definition) is 6. The second-order valence-corrected chi connectivity index (χ2v) is 4.71. The molecule has 1 aliphatic heterocycles. The average Bonchev–Trinajstić information content (AvgIpc) is 3.26. The van der Waals surface area contributed by atoms with Gasteiger partial charge in [-0.15, -0.1) is 0 Å². The van der Waals surface area contributed by atoms with Crippen molar-refractivity contribution >= 4 is 11.7 Å². The molecule has 0 aromatic heterocycles. The Kier molecular flexibility index (Phi) is 4.74. The summed E-state index contributed by atoms with van der Waals surface area (Å²) in [7, 11) is 0. The fraction of sp³-hybridized carbons (Fsp3) is 0.500. The number of carbonyl (C=O) groups excluding carboxylic acids is 1. The number of carbonyl (C=O) groups is 1. The van der Waals surface area contributed by atoms with Crippen LogP contribution in [0, 0.1) is 10.1 Å². The summed E-state index contributed by atoms with van der Waals surface area (Å²) in [4.78, 5) is 21.7. The number of rotatable bonds is 8. The number of nitro groups is 1. The maximum atomic E-state index is 11.6. The van der Waals surface area contributed by atoms with E-state index >= 15 is 0 Å². The van der Waals surface area contributed by atoms with Crippen molar-refractivity contribution < 1.29 is 23.9 Å². The van der Waals surface area contributed by atoms with Gasteiger partial charge < -0.3 is 14.2 Å². The number of nitro benzene ring substituents is 1. The van der Waals surface area contributed by atoms with Crippen molar-refractivity contribution in [3.05, 3.63) is 34.4 Å². The molecule has 0 N–H and O–H groups in total. The highest BCUT2D eigenvalue weighted by atomic mass is 16.6. The minimum atomic E-state index is -0.783. The molecule has 7 heteroatoms. The highest BCUT2D eigenvalue weighted by Gasteiger charge is 2.53. The lowest BCUT2D eigenvalue weighted by Gasteiger charge is -2.11. The quantitative estimate of drug-likeness (QED) is 0.240. The number of esters is 1. The van der Waals surface area contributed by atoms with E-state index in [0.29, 0.717) is 38.4 Å². The van der Waals surface area contributed by atoms with Gasteiger partial charge in [0.15, 0.2) is 5.60 Å². The van der Waals surface area contributed by atoms with Crippen LogP contribution in [-0.2, 0) is 14.3 Å². The maximum Gasteiger partial charge on any atom is 0.340 e. The molecule has 0 radical (unpaired) electrons. The first kappa shape index (κ1) is 15.2. The van der Waals surface area contributed by atoms with Crippen molar-refractivity contribution in [3.63, 3.8) is 0 Å². The second-order valence-electron chi connectivity index (χ2n) is 4.71. The van der Waals surface area contributed by atoms with Crippen molar-refractivity contribution in [3.8, 4) is 5.75 Å². The number of hydrogen-bond donors (Lipinski definition) is 0. The third-order valence-corrected chi connectivity index (χ3v) is 3.18. The third kappa shape index (κ3) is 3.91. The van der Waals surface area contributed by atoms with Crippen LogP contribution in [0.2, 0.25) is 0 Å². The van der Waals surface area contributed by atoms with Crippen LogP contribution in [-0.4, -0.2) is 36.3 Å². The van der Waals surface area contributed by atoms with Crippen LogP contribution in [0.5, 0.6) is 5.75 Å². The maximum absolute atomic E-state index is 11.6. The van der Waals surface area contributed by atoms with E-state index in [4.69, 9.17) is 14.2 Å². The van der Waals surface area contributed by atoms with Gasteiger partial charge in [0.05, 0.1) is 24.7 Å². The van der Waals surface area contributed by atoms with Crippen LogP contribution in [0.4, 0.5) is 5.69 Å². The summed E-state index contributed by atoms with van der Waals surface area (Å²) in [6.07, 6.45) is 1.18. The Morgan fingerprint density at radius 1 is 1.43 bits per heavy atom. The summed E-state index contributed by atoms with van der Waals surface area (Å²) in [6, 6.07) is 5.87. The molecule has 1 fully saturated rings. The molecule has 1 aliphatic rings. The van der Waals surface area contributed by atoms with Gasteiger partial charge in [-0.05, 0) is 31.9 Å². The van der Waals surface area contributed by atoms with Gasteiger partial charge in [0, 0.05) is 12.1 Å².